The molecule has 0 bridgehead atoms. The molecule has 0 saturated carbocycles. The van der Waals surface area contributed by atoms with Gasteiger partial charge in [0, 0.05) is 18.4 Å². The molecular weight excluding hydrogens is 328 g/mol. The van der Waals surface area contributed by atoms with Gasteiger partial charge in [0.2, 0.25) is 11.8 Å². The van der Waals surface area contributed by atoms with E-state index >= 15 is 0 Å². The highest BCUT2D eigenvalue weighted by atomic mass is 16.5. The molecule has 3 N–H and O–H groups in total. The molecule has 1 amide bonds. The lowest BCUT2D eigenvalue weighted by atomic mass is 10.2. The number of aromatic hydroxyl groups is 1. The number of benzene rings is 1. The summed E-state index contributed by atoms with van der Waals surface area (Å²) in [5.74, 6) is -0.677. The molecule has 0 unspecified atom stereocenters. The van der Waals surface area contributed by atoms with E-state index in [9.17, 15) is 14.8 Å². The molecule has 2 aromatic heterocycles. The van der Waals surface area contributed by atoms with Crippen molar-refractivity contribution >= 4 is 22.5 Å². The molecule has 10 nitrogen and oxygen atoms in total. The first kappa shape index (κ1) is 16.6. The highest BCUT2D eigenvalue weighted by Gasteiger charge is 2.18. The molecule has 3 rings (SSSR count). The Morgan fingerprint density at radius 2 is 2.12 bits per heavy atom. The van der Waals surface area contributed by atoms with E-state index in [1.165, 1.54) is 0 Å². The Labute approximate surface area is 141 Å². The number of hydrogen-bond acceptors (Lipinski definition) is 7. The van der Waals surface area contributed by atoms with Crippen molar-refractivity contribution in [2.24, 2.45) is 5.18 Å². The molecule has 2 heterocycles. The summed E-state index contributed by atoms with van der Waals surface area (Å²) >= 11 is 0. The van der Waals surface area contributed by atoms with Crippen LogP contribution in [0.1, 0.15) is 18.5 Å². The lowest BCUT2D eigenvalue weighted by molar-refractivity contribution is -0.129. The lowest BCUT2D eigenvalue weighted by Gasteiger charge is -2.03. The average Bonchev–Trinajstić information content (AvgIpc) is 3.18. The quantitative estimate of drug-likeness (QED) is 0.339. The number of aryl methyl sites for hydroxylation is 1. The fourth-order valence-corrected chi connectivity index (χ4v) is 2.66. The summed E-state index contributed by atoms with van der Waals surface area (Å²) in [6, 6.07) is 7.06. The van der Waals surface area contributed by atoms with Crippen molar-refractivity contribution in [2.75, 3.05) is 0 Å². The van der Waals surface area contributed by atoms with Crippen LogP contribution in [-0.4, -0.2) is 35.8 Å². The number of para-hydroxylation sites is 1. The van der Waals surface area contributed by atoms with Gasteiger partial charge in [0.1, 0.15) is 5.69 Å². The molecule has 0 spiro atoms. The van der Waals surface area contributed by atoms with E-state index in [0.29, 0.717) is 29.6 Å². The first-order chi connectivity index (χ1) is 12.1. The zero-order chi connectivity index (χ0) is 17.8. The van der Waals surface area contributed by atoms with Gasteiger partial charge in [0.15, 0.2) is 5.69 Å². The van der Waals surface area contributed by atoms with E-state index in [2.05, 4.69) is 15.5 Å². The third-order valence-electron chi connectivity index (χ3n) is 3.83. The largest absolute Gasteiger partial charge is 0.493 e. The van der Waals surface area contributed by atoms with Gasteiger partial charge in [-0.1, -0.05) is 23.4 Å². The van der Waals surface area contributed by atoms with E-state index in [0.717, 1.165) is 0 Å². The minimum Gasteiger partial charge on any atom is -0.493 e. The Bertz CT molecular complexity index is 916. The van der Waals surface area contributed by atoms with E-state index in [4.69, 9.17) is 5.21 Å². The number of nitroso groups, excluding NO2 is 1. The van der Waals surface area contributed by atoms with Gasteiger partial charge < -0.3 is 9.67 Å². The maximum atomic E-state index is 11.0. The number of amides is 1. The number of nitrogens with one attached hydrogen (secondary N) is 1. The van der Waals surface area contributed by atoms with Crippen LogP contribution in [0.3, 0.4) is 0 Å². The fraction of sp³-hybridized carbons (Fsp3) is 0.267. The normalized spacial score (nSPS) is 10.9. The summed E-state index contributed by atoms with van der Waals surface area (Å²) in [6.45, 7) is 0.680. The molecule has 0 radical (unpaired) electrons. The Morgan fingerprint density at radius 1 is 1.32 bits per heavy atom. The number of fused-ring (bicyclic) bond motifs is 1. The van der Waals surface area contributed by atoms with Crippen molar-refractivity contribution in [2.45, 2.75) is 25.9 Å². The van der Waals surface area contributed by atoms with Crippen molar-refractivity contribution in [3.63, 3.8) is 0 Å². The van der Waals surface area contributed by atoms with Crippen LogP contribution in [0.2, 0.25) is 0 Å². The maximum absolute atomic E-state index is 11.0. The van der Waals surface area contributed by atoms with E-state index in [-0.39, 0.29) is 24.5 Å². The maximum Gasteiger partial charge on any atom is 0.243 e. The van der Waals surface area contributed by atoms with Crippen LogP contribution < -0.4 is 5.48 Å². The third kappa shape index (κ3) is 3.33. The third-order valence-corrected chi connectivity index (χ3v) is 3.83. The first-order valence-corrected chi connectivity index (χ1v) is 7.59. The summed E-state index contributed by atoms with van der Waals surface area (Å²) in [7, 11) is 0. The van der Waals surface area contributed by atoms with E-state index < -0.39 is 5.91 Å². The van der Waals surface area contributed by atoms with Gasteiger partial charge in [-0.05, 0) is 17.7 Å². The predicted molar refractivity (Wildman–Crippen MR) is 87.3 cm³/mol. The topological polar surface area (TPSA) is 135 Å². The summed E-state index contributed by atoms with van der Waals surface area (Å²) in [5, 5.41) is 30.2. The van der Waals surface area contributed by atoms with Gasteiger partial charge in [-0.15, -0.1) is 10.0 Å². The van der Waals surface area contributed by atoms with Crippen LogP contribution in [0.5, 0.6) is 5.88 Å². The molecule has 0 atom stereocenters. The van der Waals surface area contributed by atoms with Gasteiger partial charge >= 0.3 is 0 Å². The molecule has 1 aromatic carbocycles. The predicted octanol–water partition coefficient (Wildman–Crippen LogP) is 1.67. The van der Waals surface area contributed by atoms with Crippen molar-refractivity contribution in [3.8, 4) is 5.88 Å². The zero-order valence-electron chi connectivity index (χ0n) is 13.2. The highest BCUT2D eigenvalue weighted by molar-refractivity contribution is 5.95. The van der Waals surface area contributed by atoms with Crippen LogP contribution in [0, 0.1) is 4.91 Å². The Kier molecular flexibility index (Phi) is 4.70. The SMILES string of the molecule is O=Nc1c(O)n(Cc2cn(CCCC(=O)NO)nn2)c2ccccc12. The molecule has 0 fully saturated rings. The number of hydroxylamine groups is 1. The molecule has 0 aliphatic heterocycles. The number of aromatic nitrogens is 4. The number of rotatable bonds is 7. The number of hydrogen-bond donors (Lipinski definition) is 3. The molecule has 0 aliphatic carbocycles. The van der Waals surface area contributed by atoms with Crippen LogP contribution in [0.15, 0.2) is 35.6 Å². The molecule has 0 aliphatic rings. The average molecular weight is 344 g/mol. The molecule has 25 heavy (non-hydrogen) atoms. The van der Waals surface area contributed by atoms with Crippen LogP contribution in [0.4, 0.5) is 5.69 Å². The molecule has 3 aromatic rings. The second kappa shape index (κ2) is 7.09. The van der Waals surface area contributed by atoms with Gasteiger partial charge in [0.25, 0.3) is 0 Å². The van der Waals surface area contributed by atoms with E-state index in [1.54, 1.807) is 45.2 Å². The summed E-state index contributed by atoms with van der Waals surface area (Å²) in [5.41, 5.74) is 2.82. The zero-order valence-corrected chi connectivity index (χ0v) is 13.2. The summed E-state index contributed by atoms with van der Waals surface area (Å²) < 4.78 is 3.11. The number of nitrogens with zero attached hydrogens (tertiary/aromatic N) is 5. The molecule has 130 valence electrons. The number of carbonyl (C=O) groups excluding carboxylic acids is 1. The minimum atomic E-state index is -0.460. The second-order valence-corrected chi connectivity index (χ2v) is 5.48. The first-order valence-electron chi connectivity index (χ1n) is 7.59. The van der Waals surface area contributed by atoms with Crippen molar-refractivity contribution in [3.05, 3.63) is 41.1 Å². The van der Waals surface area contributed by atoms with Gasteiger partial charge in [0.05, 0.1) is 18.3 Å². The second-order valence-electron chi connectivity index (χ2n) is 5.48. The molecular formula is C15H16N6O4. The van der Waals surface area contributed by atoms with Gasteiger partial charge in [-0.3, -0.25) is 14.7 Å². The summed E-state index contributed by atoms with van der Waals surface area (Å²) in [4.78, 5) is 22.0. The molecule has 10 heteroatoms. The fourth-order valence-electron chi connectivity index (χ4n) is 2.66. The van der Waals surface area contributed by atoms with Crippen molar-refractivity contribution < 1.29 is 15.1 Å². The lowest BCUT2D eigenvalue weighted by Crippen LogP contribution is -2.18. The Balaban J connectivity index is 1.77. The Hall–Kier alpha value is -3.27. The molecule has 0 saturated heterocycles. The van der Waals surface area contributed by atoms with Crippen molar-refractivity contribution in [1.29, 1.82) is 0 Å². The monoisotopic (exact) mass is 344 g/mol. The summed E-state index contributed by atoms with van der Waals surface area (Å²) in [6.07, 6.45) is 2.36. The van der Waals surface area contributed by atoms with E-state index in [1.807, 2.05) is 0 Å². The highest BCUT2D eigenvalue weighted by Crippen LogP contribution is 2.38. The van der Waals surface area contributed by atoms with Gasteiger partial charge in [-0.2, -0.15) is 0 Å². The standard InChI is InChI=1S/C15H16N6O4/c22-13(17-24)6-3-7-20-8-10(16-19-20)9-21-12-5-2-1-4-11(12)14(18-25)15(21)23/h1-2,4-5,8,23-24H,3,6-7,9H2,(H,17,22). The van der Waals surface area contributed by atoms with Crippen LogP contribution in [0.25, 0.3) is 10.9 Å². The van der Waals surface area contributed by atoms with Crippen molar-refractivity contribution in [1.82, 2.24) is 25.0 Å². The Morgan fingerprint density at radius 3 is 2.88 bits per heavy atom. The minimum absolute atomic E-state index is 0.00184. The van der Waals surface area contributed by atoms with Crippen LogP contribution >= 0.6 is 0 Å². The van der Waals surface area contributed by atoms with Crippen LogP contribution in [-0.2, 0) is 17.9 Å². The smallest absolute Gasteiger partial charge is 0.243 e. The van der Waals surface area contributed by atoms with Gasteiger partial charge in [-0.25, -0.2) is 5.48 Å². The number of carbonyl (C=O) groups is 1.